The van der Waals surface area contributed by atoms with Gasteiger partial charge < -0.3 is 119 Å². The number of rotatable bonds is 0. The molecule has 0 amide bonds. The van der Waals surface area contributed by atoms with Crippen LogP contribution >= 0.6 is 31.3 Å². The van der Waals surface area contributed by atoms with Gasteiger partial charge in [0.15, 0.2) is 0 Å². The van der Waals surface area contributed by atoms with Gasteiger partial charge in [-0.1, -0.05) is 0 Å². The van der Waals surface area contributed by atoms with Crippen molar-refractivity contribution in [2.75, 3.05) is 0 Å². The molecule has 0 rings (SSSR count). The molecule has 0 aromatic carbocycles. The number of hydrogen-bond acceptors (Lipinski definition) is 4. The summed E-state index contributed by atoms with van der Waals surface area (Å²) in [7, 11) is -18.6. The maximum atomic E-state index is 8.88. The molecule has 26 nitrogen and oxygen atoms in total. The normalized spacial score (nSPS) is 6.94. The Morgan fingerprint density at radius 2 is 0.265 bits per heavy atom. The van der Waals surface area contributed by atoms with E-state index in [0.29, 0.717) is 0 Å². The van der Waals surface area contributed by atoms with Crippen molar-refractivity contribution in [3.05, 3.63) is 0 Å². The molecule has 0 aliphatic rings. The summed E-state index contributed by atoms with van der Waals surface area (Å²) in [5, 5.41) is 0. The van der Waals surface area contributed by atoms with Crippen LogP contribution in [0.2, 0.25) is 0 Å². The van der Waals surface area contributed by atoms with Gasteiger partial charge in [-0.2, -0.15) is 0 Å². The summed E-state index contributed by atoms with van der Waals surface area (Å²) in [6.07, 6.45) is 0. The van der Waals surface area contributed by atoms with Crippen molar-refractivity contribution >= 4 is 31.3 Å². The molecule has 0 radical (unpaired) electrons. The van der Waals surface area contributed by atoms with Crippen LogP contribution in [0.1, 0.15) is 5.71 Å². The summed E-state index contributed by atoms with van der Waals surface area (Å²) < 4.78 is 35.5. The Hall–Kier alpha value is 4.04. The fourth-order valence-electron chi connectivity index (χ4n) is 0. The van der Waals surface area contributed by atoms with Crippen LogP contribution in [-0.4, -0.2) is 113 Å². The van der Waals surface area contributed by atoms with E-state index in [1.807, 2.05) is 0 Å². The largest absolute Gasteiger partial charge is 1.00 e. The molecule has 0 unspecified atom stereocenters. The summed E-state index contributed by atoms with van der Waals surface area (Å²) in [5.41, 5.74) is 0. The van der Waals surface area contributed by atoms with Crippen LogP contribution in [0, 0.1) is 0 Å². The van der Waals surface area contributed by atoms with Crippen molar-refractivity contribution in [2.24, 2.45) is 0 Å². The number of phosphoric acid groups is 4. The average molecular weight is 668 g/mol. The van der Waals surface area contributed by atoms with Crippen LogP contribution < -0.4 is 118 Å². The zero-order valence-electron chi connectivity index (χ0n) is 21.8. The van der Waals surface area contributed by atoms with E-state index in [-0.39, 0.29) is 179 Å². The predicted molar refractivity (Wildman–Crippen MR) is 97.6 cm³/mol. The Balaban J connectivity index is -0.00000000388. The molecule has 0 fully saturated rings. The zero-order chi connectivity index (χ0) is 18.0. The summed E-state index contributed by atoms with van der Waals surface area (Å²) in [4.78, 5) is 86.2. The Bertz CT molecular complexity index is 318. The summed E-state index contributed by atoms with van der Waals surface area (Å²) in [6.45, 7) is 0. The third-order valence-corrected chi connectivity index (χ3v) is 0. The zero-order valence-corrected chi connectivity index (χ0v) is 29.4. The summed E-state index contributed by atoms with van der Waals surface area (Å²) in [6, 6.07) is 0. The van der Waals surface area contributed by atoms with Gasteiger partial charge in [0.25, 0.3) is 0 Å². The Morgan fingerprint density at radius 3 is 0.265 bits per heavy atom. The van der Waals surface area contributed by atoms with E-state index in [0.717, 1.165) is 0 Å². The van der Waals surface area contributed by atoms with Crippen molar-refractivity contribution < 1.29 is 256 Å². The molecule has 0 bridgehead atoms. The predicted octanol–water partition coefficient (Wildman–Crippen LogP) is -23.5. The van der Waals surface area contributed by atoms with Crippen molar-refractivity contribution in [1.82, 2.24) is 0 Å². The molecule has 0 aromatic heterocycles. The van der Waals surface area contributed by atoms with Gasteiger partial charge >= 0.3 is 150 Å². The van der Waals surface area contributed by atoms with E-state index >= 15 is 0 Å². The monoisotopic (exact) mass is 668 g/mol. The molecule has 0 saturated carbocycles. The second-order valence-electron chi connectivity index (χ2n) is 2.05. The molecule has 0 atom stereocenters. The van der Waals surface area contributed by atoms with Crippen molar-refractivity contribution in [3.63, 3.8) is 0 Å². The second-order valence-corrected chi connectivity index (χ2v) is 6.16. The molecule has 0 aliphatic carbocycles. The van der Waals surface area contributed by atoms with Crippen LogP contribution in [0.5, 0.6) is 0 Å². The van der Waals surface area contributed by atoms with E-state index < -0.39 is 31.3 Å². The van der Waals surface area contributed by atoms with Gasteiger partial charge in [-0.15, -0.1) is 0 Å². The molecule has 0 saturated heterocycles. The van der Waals surface area contributed by atoms with E-state index in [4.69, 9.17) is 77.0 Å². The summed E-state index contributed by atoms with van der Waals surface area (Å²) >= 11 is 0. The first-order valence-corrected chi connectivity index (χ1v) is 9.39. The van der Waals surface area contributed by atoms with E-state index in [1.165, 1.54) is 0 Å². The SMILES string of the molecule is O.O.O.O.O.O.O.O.O.O.O=P(O)(O)O.O=P(O)(O)O.O=P(O)(O)O.O=P(O)(O)O.[H-].[H-].[H-].[H-].[Na+].[Na+].[Na+].[Na+]. The van der Waals surface area contributed by atoms with Gasteiger partial charge in [0.1, 0.15) is 0 Å². The van der Waals surface area contributed by atoms with E-state index in [9.17, 15) is 0 Å². The third-order valence-electron chi connectivity index (χ3n) is 0. The molecule has 32 N–H and O–H groups in total. The van der Waals surface area contributed by atoms with Crippen molar-refractivity contribution in [3.8, 4) is 0 Å². The van der Waals surface area contributed by atoms with Gasteiger partial charge in [0, 0.05) is 0 Å². The van der Waals surface area contributed by atoms with Gasteiger partial charge in [0.2, 0.25) is 0 Å². The van der Waals surface area contributed by atoms with Gasteiger partial charge in [-0.25, -0.2) is 18.3 Å². The first-order valence-electron chi connectivity index (χ1n) is 3.13. The third kappa shape index (κ3) is 2710. The van der Waals surface area contributed by atoms with Gasteiger partial charge in [-0.05, 0) is 0 Å². The van der Waals surface area contributed by atoms with E-state index in [2.05, 4.69) is 0 Å². The average Bonchev–Trinajstić information content (AvgIpc) is 1.62. The molecule has 0 aromatic rings. The maximum Gasteiger partial charge on any atom is 1.00 e. The topological polar surface area (TPSA) is 626 Å². The van der Waals surface area contributed by atoms with Crippen molar-refractivity contribution in [1.29, 1.82) is 0 Å². The smallest absolute Gasteiger partial charge is 1.00 e. The molecule has 0 aliphatic heterocycles. The van der Waals surface area contributed by atoms with Gasteiger partial charge in [0.05, 0.1) is 0 Å². The Morgan fingerprint density at radius 1 is 0.265 bits per heavy atom. The van der Waals surface area contributed by atoms with Crippen LogP contribution in [0.4, 0.5) is 0 Å². The van der Waals surface area contributed by atoms with Crippen LogP contribution in [0.15, 0.2) is 0 Å². The molecular formula is H36Na4O26P4. The van der Waals surface area contributed by atoms with Crippen LogP contribution in [0.25, 0.3) is 0 Å². The minimum Gasteiger partial charge on any atom is -1.00 e. The van der Waals surface area contributed by atoms with Gasteiger partial charge in [-0.3, -0.25) is 0 Å². The van der Waals surface area contributed by atoms with Crippen LogP contribution in [0.3, 0.4) is 0 Å². The fourth-order valence-corrected chi connectivity index (χ4v) is 0. The first kappa shape index (κ1) is 130. The Labute approximate surface area is 284 Å². The molecule has 34 heavy (non-hydrogen) atoms. The second kappa shape index (κ2) is 61.2. The van der Waals surface area contributed by atoms with Crippen molar-refractivity contribution in [2.45, 2.75) is 0 Å². The van der Waals surface area contributed by atoms with Crippen LogP contribution in [-0.2, 0) is 18.3 Å². The molecule has 216 valence electrons. The first-order chi connectivity index (χ1) is 8.00. The fraction of sp³-hybridized carbons (Fsp3) is 0. The maximum absolute atomic E-state index is 8.88. The molecule has 0 spiro atoms. The Kier molecular flexibility index (Phi) is 234. The molecular weight excluding hydrogens is 632 g/mol. The quantitative estimate of drug-likeness (QED) is 0.0842. The molecule has 0 heterocycles. The number of hydrogen-bond donors (Lipinski definition) is 12. The minimum absolute atomic E-state index is 0. The standard InChI is InChI=1S/4Na.4H3O4P.10H2O.4H/c;;;;4*1-5(2,3)4;;;;;;;;;;;;;;/h;;;;4*(H3,1,2,3,4);10*1H2;;;;/q4*+1;;;;;;;;;;;;;;;4*-1. The van der Waals surface area contributed by atoms with E-state index in [1.54, 1.807) is 0 Å². The summed E-state index contributed by atoms with van der Waals surface area (Å²) in [5.74, 6) is 0. The minimum atomic E-state index is -4.64. The molecule has 34 heteroatoms.